The zero-order valence-corrected chi connectivity index (χ0v) is 13.5. The number of imidazole rings is 1. The summed E-state index contributed by atoms with van der Waals surface area (Å²) in [5, 5.41) is 0. The monoisotopic (exact) mass is 339 g/mol. The number of halogens is 3. The first kappa shape index (κ1) is 17.0. The van der Waals surface area contributed by atoms with Crippen LogP contribution < -0.4 is 0 Å². The van der Waals surface area contributed by atoms with Crippen LogP contribution in [-0.2, 0) is 30.9 Å². The number of alkyl halides is 3. The minimum Gasteiger partial charge on any atom is -0.375 e. The molecule has 0 bridgehead atoms. The highest BCUT2D eigenvalue weighted by molar-refractivity contribution is 5.26. The number of hydrogen-bond acceptors (Lipinski definition) is 3. The fourth-order valence-electron chi connectivity index (χ4n) is 2.93. The second-order valence-corrected chi connectivity index (χ2v) is 6.08. The minimum absolute atomic E-state index is 0.109. The normalized spacial score (nSPS) is 19.6. The highest BCUT2D eigenvalue weighted by atomic mass is 19.4. The van der Waals surface area contributed by atoms with Crippen LogP contribution in [0.1, 0.15) is 17.0 Å². The van der Waals surface area contributed by atoms with Gasteiger partial charge in [0.05, 0.1) is 24.8 Å². The molecule has 1 atom stereocenters. The third-order valence-electron chi connectivity index (χ3n) is 4.23. The SMILES string of the molecule is Cn1ccnc1CN1CCO[C@H](Cc2cccc(C(F)(F)F)c2)C1. The summed E-state index contributed by atoms with van der Waals surface area (Å²) in [5.41, 5.74) is 0.0364. The van der Waals surface area contributed by atoms with Crippen LogP contribution in [0.25, 0.3) is 0 Å². The number of nitrogens with zero attached hydrogens (tertiary/aromatic N) is 3. The molecule has 2 aromatic rings. The Morgan fingerprint density at radius 1 is 1.33 bits per heavy atom. The average Bonchev–Trinajstić information content (AvgIpc) is 2.92. The Labute approximate surface area is 138 Å². The van der Waals surface area contributed by atoms with E-state index in [9.17, 15) is 13.2 Å². The third-order valence-corrected chi connectivity index (χ3v) is 4.23. The van der Waals surface area contributed by atoms with Crippen molar-refractivity contribution in [2.24, 2.45) is 7.05 Å². The molecule has 0 saturated carbocycles. The van der Waals surface area contributed by atoms with Crippen molar-refractivity contribution in [2.75, 3.05) is 19.7 Å². The molecule has 7 heteroatoms. The summed E-state index contributed by atoms with van der Waals surface area (Å²) in [7, 11) is 1.95. The molecule has 1 saturated heterocycles. The van der Waals surface area contributed by atoms with Crippen LogP contribution in [0.15, 0.2) is 36.7 Å². The highest BCUT2D eigenvalue weighted by Crippen LogP contribution is 2.30. The summed E-state index contributed by atoms with van der Waals surface area (Å²) < 4.78 is 46.1. The van der Waals surface area contributed by atoms with E-state index >= 15 is 0 Å². The predicted octanol–water partition coefficient (Wildman–Crippen LogP) is 2.88. The van der Waals surface area contributed by atoms with Crippen molar-refractivity contribution in [2.45, 2.75) is 25.2 Å². The molecule has 2 heterocycles. The number of benzene rings is 1. The first-order valence-electron chi connectivity index (χ1n) is 7.88. The first-order valence-corrected chi connectivity index (χ1v) is 7.88. The molecule has 0 N–H and O–H groups in total. The second kappa shape index (κ2) is 6.94. The lowest BCUT2D eigenvalue weighted by atomic mass is 10.0. The lowest BCUT2D eigenvalue weighted by molar-refractivity contribution is -0.137. The standard InChI is InChI=1S/C17H20F3N3O/c1-22-6-5-21-16(22)12-23-7-8-24-15(11-23)10-13-3-2-4-14(9-13)17(18,19)20/h2-6,9,15H,7-8,10-12H2,1H3/t15-/m1/s1. The molecule has 0 aliphatic carbocycles. The van der Waals surface area contributed by atoms with Gasteiger partial charge >= 0.3 is 6.18 Å². The van der Waals surface area contributed by atoms with Gasteiger partial charge in [0.1, 0.15) is 5.82 Å². The van der Waals surface area contributed by atoms with E-state index in [1.165, 1.54) is 12.1 Å². The van der Waals surface area contributed by atoms with Gasteiger partial charge in [0.2, 0.25) is 0 Å². The number of hydrogen-bond donors (Lipinski definition) is 0. The molecule has 0 spiro atoms. The zero-order chi connectivity index (χ0) is 17.2. The topological polar surface area (TPSA) is 30.3 Å². The van der Waals surface area contributed by atoms with E-state index in [4.69, 9.17) is 4.74 Å². The Morgan fingerprint density at radius 3 is 2.88 bits per heavy atom. The van der Waals surface area contributed by atoms with Crippen LogP contribution in [0.5, 0.6) is 0 Å². The van der Waals surface area contributed by atoms with Crippen molar-refractivity contribution in [3.05, 3.63) is 53.6 Å². The van der Waals surface area contributed by atoms with Gasteiger partial charge in [-0.15, -0.1) is 0 Å². The van der Waals surface area contributed by atoms with Crippen LogP contribution >= 0.6 is 0 Å². The van der Waals surface area contributed by atoms with Crippen LogP contribution in [-0.4, -0.2) is 40.3 Å². The Morgan fingerprint density at radius 2 is 2.17 bits per heavy atom. The van der Waals surface area contributed by atoms with Gasteiger partial charge < -0.3 is 9.30 Å². The maximum atomic E-state index is 12.8. The molecule has 1 fully saturated rings. The van der Waals surface area contributed by atoms with E-state index < -0.39 is 11.7 Å². The van der Waals surface area contributed by atoms with Crippen LogP contribution in [0.4, 0.5) is 13.2 Å². The maximum absolute atomic E-state index is 12.8. The van der Waals surface area contributed by atoms with Crippen LogP contribution in [0, 0.1) is 0 Å². The molecule has 24 heavy (non-hydrogen) atoms. The summed E-state index contributed by atoms with van der Waals surface area (Å²) in [6.45, 7) is 2.77. The summed E-state index contributed by atoms with van der Waals surface area (Å²) in [4.78, 5) is 6.54. The smallest absolute Gasteiger partial charge is 0.375 e. The Balaban J connectivity index is 1.62. The molecule has 0 radical (unpaired) electrons. The average molecular weight is 339 g/mol. The number of morpholine rings is 1. The maximum Gasteiger partial charge on any atom is 0.416 e. The van der Waals surface area contributed by atoms with Gasteiger partial charge in [0.15, 0.2) is 0 Å². The quantitative estimate of drug-likeness (QED) is 0.858. The fraction of sp³-hybridized carbons (Fsp3) is 0.471. The van der Waals surface area contributed by atoms with Crippen LogP contribution in [0.3, 0.4) is 0 Å². The van der Waals surface area contributed by atoms with E-state index in [1.807, 2.05) is 17.8 Å². The molecule has 4 nitrogen and oxygen atoms in total. The summed E-state index contributed by atoms with van der Waals surface area (Å²) in [6.07, 6.45) is -0.289. The van der Waals surface area contributed by atoms with Crippen molar-refractivity contribution >= 4 is 0 Å². The lowest BCUT2D eigenvalue weighted by Gasteiger charge is -2.32. The van der Waals surface area contributed by atoms with E-state index in [1.54, 1.807) is 12.3 Å². The molecular weight excluding hydrogens is 319 g/mol. The predicted molar refractivity (Wildman–Crippen MR) is 83.4 cm³/mol. The van der Waals surface area contributed by atoms with Gasteiger partial charge in [0.25, 0.3) is 0 Å². The first-order chi connectivity index (χ1) is 11.4. The Bertz CT molecular complexity index is 684. The Hall–Kier alpha value is -1.86. The van der Waals surface area contributed by atoms with Gasteiger partial charge in [-0.1, -0.05) is 18.2 Å². The number of aromatic nitrogens is 2. The van der Waals surface area contributed by atoms with Gasteiger partial charge in [-0.05, 0) is 18.1 Å². The molecule has 1 aromatic carbocycles. The van der Waals surface area contributed by atoms with Crippen molar-refractivity contribution in [3.8, 4) is 0 Å². The second-order valence-electron chi connectivity index (χ2n) is 6.08. The molecule has 0 amide bonds. The van der Waals surface area contributed by atoms with Gasteiger partial charge in [-0.25, -0.2) is 4.98 Å². The summed E-state index contributed by atoms with van der Waals surface area (Å²) in [5.74, 6) is 0.967. The minimum atomic E-state index is -4.31. The molecule has 3 rings (SSSR count). The van der Waals surface area contributed by atoms with Gasteiger partial charge in [0, 0.05) is 32.5 Å². The number of aryl methyl sites for hydroxylation is 1. The van der Waals surface area contributed by atoms with Crippen molar-refractivity contribution in [3.63, 3.8) is 0 Å². The fourth-order valence-corrected chi connectivity index (χ4v) is 2.93. The van der Waals surface area contributed by atoms with E-state index in [-0.39, 0.29) is 6.10 Å². The highest BCUT2D eigenvalue weighted by Gasteiger charge is 2.30. The van der Waals surface area contributed by atoms with E-state index in [0.717, 1.165) is 18.4 Å². The largest absolute Gasteiger partial charge is 0.416 e. The van der Waals surface area contributed by atoms with Gasteiger partial charge in [-0.3, -0.25) is 4.90 Å². The molecule has 1 aliphatic rings. The molecular formula is C17H20F3N3O. The molecule has 130 valence electrons. The lowest BCUT2D eigenvalue weighted by Crippen LogP contribution is -2.43. The molecule has 1 aromatic heterocycles. The van der Waals surface area contributed by atoms with Crippen molar-refractivity contribution < 1.29 is 17.9 Å². The van der Waals surface area contributed by atoms with Crippen LogP contribution in [0.2, 0.25) is 0 Å². The third kappa shape index (κ3) is 4.15. The molecule has 1 aliphatic heterocycles. The summed E-state index contributed by atoms with van der Waals surface area (Å²) in [6, 6.07) is 5.47. The Kier molecular flexibility index (Phi) is 4.91. The van der Waals surface area contributed by atoms with E-state index in [0.29, 0.717) is 31.7 Å². The zero-order valence-electron chi connectivity index (χ0n) is 13.5. The number of ether oxygens (including phenoxy) is 1. The van der Waals surface area contributed by atoms with Crippen molar-refractivity contribution in [1.29, 1.82) is 0 Å². The van der Waals surface area contributed by atoms with E-state index in [2.05, 4.69) is 9.88 Å². The van der Waals surface area contributed by atoms with Gasteiger partial charge in [-0.2, -0.15) is 13.2 Å². The number of rotatable bonds is 4. The molecule has 0 unspecified atom stereocenters. The summed E-state index contributed by atoms with van der Waals surface area (Å²) >= 11 is 0. The van der Waals surface area contributed by atoms with Crippen molar-refractivity contribution in [1.82, 2.24) is 14.5 Å².